The third-order valence-electron chi connectivity index (χ3n) is 7.53. The third-order valence-corrected chi connectivity index (χ3v) is 8.77. The first-order valence-corrected chi connectivity index (χ1v) is 15.2. The molecule has 0 spiro atoms. The van der Waals surface area contributed by atoms with Crippen molar-refractivity contribution in [2.24, 2.45) is 0 Å². The molecule has 44 heavy (non-hydrogen) atoms. The summed E-state index contributed by atoms with van der Waals surface area (Å²) in [7, 11) is 0. The van der Waals surface area contributed by atoms with Crippen LogP contribution in [-0.2, 0) is 30.2 Å². The fourth-order valence-electron chi connectivity index (χ4n) is 5.32. The van der Waals surface area contributed by atoms with Crippen LogP contribution in [0.3, 0.4) is 0 Å². The molecule has 228 valence electrons. The molecule has 2 N–H and O–H groups in total. The maximum Gasteiger partial charge on any atom is 0.417 e. The van der Waals surface area contributed by atoms with E-state index >= 15 is 0 Å². The molecule has 0 aliphatic carbocycles. The van der Waals surface area contributed by atoms with Gasteiger partial charge in [0.25, 0.3) is 0 Å². The lowest BCUT2D eigenvalue weighted by Crippen LogP contribution is -2.17. The highest BCUT2D eigenvalue weighted by Crippen LogP contribution is 2.44. The number of carboxylic acid groups (broad SMARTS) is 1. The maximum atomic E-state index is 12.9. The number of carboxylic acids is 1. The van der Waals surface area contributed by atoms with Crippen LogP contribution >= 0.6 is 11.8 Å². The van der Waals surface area contributed by atoms with Crippen LogP contribution in [-0.4, -0.2) is 30.8 Å². The zero-order valence-corrected chi connectivity index (χ0v) is 25.8. The van der Waals surface area contributed by atoms with Gasteiger partial charge in [-0.15, -0.1) is 11.8 Å². The predicted molar refractivity (Wildman–Crippen MR) is 169 cm³/mol. The molecular formula is C35H34F3N3O2S. The molecule has 5 rings (SSSR count). The molecule has 0 fully saturated rings. The molecule has 5 nitrogen and oxygen atoms in total. The third kappa shape index (κ3) is 7.16. The summed E-state index contributed by atoms with van der Waals surface area (Å²) in [4.78, 5) is 25.6. The number of H-pyrrole nitrogens is 1. The van der Waals surface area contributed by atoms with E-state index in [-0.39, 0.29) is 11.2 Å². The zero-order valence-electron chi connectivity index (χ0n) is 25.0. The number of aryl methyl sites for hydroxylation is 3. The van der Waals surface area contributed by atoms with Crippen LogP contribution in [0.1, 0.15) is 60.3 Å². The fourth-order valence-corrected chi connectivity index (χ4v) is 6.60. The van der Waals surface area contributed by atoms with Crippen molar-refractivity contribution in [3.8, 4) is 11.3 Å². The second-order valence-corrected chi connectivity index (χ2v) is 13.7. The van der Waals surface area contributed by atoms with Gasteiger partial charge >= 0.3 is 12.1 Å². The normalized spacial score (nSPS) is 12.9. The fraction of sp³-hybridized carbons (Fsp3) is 0.286. The van der Waals surface area contributed by atoms with Crippen molar-refractivity contribution < 1.29 is 23.1 Å². The Morgan fingerprint density at radius 2 is 1.70 bits per heavy atom. The molecule has 0 bridgehead atoms. The van der Waals surface area contributed by atoms with Gasteiger partial charge in [0.2, 0.25) is 0 Å². The van der Waals surface area contributed by atoms with Gasteiger partial charge in [-0.05, 0) is 73.2 Å². The van der Waals surface area contributed by atoms with Gasteiger partial charge in [0, 0.05) is 49.9 Å². The Kier molecular flexibility index (Phi) is 8.88. The molecule has 3 heterocycles. The van der Waals surface area contributed by atoms with Crippen molar-refractivity contribution >= 4 is 28.6 Å². The topological polar surface area (TPSA) is 78.9 Å². The Hall–Kier alpha value is -4.11. The summed E-state index contributed by atoms with van der Waals surface area (Å²) in [5, 5.41) is 11.5. The van der Waals surface area contributed by atoms with Gasteiger partial charge in [-0.1, -0.05) is 57.2 Å². The molecule has 0 saturated carbocycles. The molecule has 0 amide bonds. The number of rotatable bonds is 9. The minimum absolute atomic E-state index is 0.167. The van der Waals surface area contributed by atoms with Gasteiger partial charge in [0.1, 0.15) is 5.92 Å². The first-order valence-electron chi connectivity index (χ1n) is 14.4. The highest BCUT2D eigenvalue weighted by atomic mass is 32.2. The van der Waals surface area contributed by atoms with E-state index in [0.717, 1.165) is 57.7 Å². The predicted octanol–water partition coefficient (Wildman–Crippen LogP) is 9.04. The smallest absolute Gasteiger partial charge is 0.417 e. The lowest BCUT2D eigenvalue weighted by Gasteiger charge is -2.21. The number of alkyl halides is 3. The summed E-state index contributed by atoms with van der Waals surface area (Å²) in [6.45, 7) is 8.45. The number of aromatic nitrogens is 3. The van der Waals surface area contributed by atoms with Crippen molar-refractivity contribution in [1.29, 1.82) is 0 Å². The van der Waals surface area contributed by atoms with Crippen LogP contribution in [0.5, 0.6) is 0 Å². The SMILES string of the molecule is Cc1c(CCc2ccccn2)ccc2[nH]c(C(Cc3ccc(-c4ccc(C(F)(F)F)cn4)cc3)C(=O)O)c(SC(C)(C)C)c12. The number of halogens is 3. The molecule has 1 atom stereocenters. The monoisotopic (exact) mass is 617 g/mol. The number of nitrogens with zero attached hydrogens (tertiary/aromatic N) is 2. The summed E-state index contributed by atoms with van der Waals surface area (Å²) >= 11 is 1.66. The summed E-state index contributed by atoms with van der Waals surface area (Å²) in [5.41, 5.74) is 5.98. The van der Waals surface area contributed by atoms with Crippen LogP contribution in [0.4, 0.5) is 13.2 Å². The van der Waals surface area contributed by atoms with Crippen molar-refractivity contribution in [3.05, 3.63) is 113 Å². The quantitative estimate of drug-likeness (QED) is 0.161. The number of carbonyl (C=O) groups is 1. The molecule has 0 aliphatic rings. The van der Waals surface area contributed by atoms with Crippen molar-refractivity contribution in [3.63, 3.8) is 0 Å². The largest absolute Gasteiger partial charge is 0.481 e. The standard InChI is InChI=1S/C35H34F3N3O2S/c1-21-23(12-15-26-7-5-6-18-39-26)13-16-29-30(21)32(44-34(2,3)4)31(41-29)27(33(42)43)19-22-8-10-24(11-9-22)28-17-14-25(20-40-28)35(36,37)38/h5-11,13-14,16-18,20,27,41H,12,15,19H2,1-4H3,(H,42,43). The van der Waals surface area contributed by atoms with Gasteiger partial charge in [-0.3, -0.25) is 14.8 Å². The van der Waals surface area contributed by atoms with Crippen molar-refractivity contribution in [2.75, 3.05) is 0 Å². The lowest BCUT2D eigenvalue weighted by molar-refractivity contribution is -0.139. The summed E-state index contributed by atoms with van der Waals surface area (Å²) in [6.07, 6.45) is 0.0380. The Morgan fingerprint density at radius 1 is 0.955 bits per heavy atom. The van der Waals surface area contributed by atoms with Crippen LogP contribution in [0.2, 0.25) is 0 Å². The minimum atomic E-state index is -4.45. The number of benzene rings is 2. The van der Waals surface area contributed by atoms with Crippen LogP contribution in [0.25, 0.3) is 22.2 Å². The molecule has 0 aliphatic heterocycles. The highest BCUT2D eigenvalue weighted by molar-refractivity contribution is 8.00. The Bertz CT molecular complexity index is 1760. The molecular weight excluding hydrogens is 583 g/mol. The van der Waals surface area contributed by atoms with E-state index in [1.807, 2.05) is 36.4 Å². The highest BCUT2D eigenvalue weighted by Gasteiger charge is 2.31. The zero-order chi connectivity index (χ0) is 31.6. The van der Waals surface area contributed by atoms with E-state index in [1.165, 1.54) is 11.6 Å². The average molecular weight is 618 g/mol. The Morgan fingerprint density at radius 3 is 2.30 bits per heavy atom. The number of aromatic amines is 1. The average Bonchev–Trinajstić information content (AvgIpc) is 3.33. The molecule has 0 radical (unpaired) electrons. The van der Waals surface area contributed by atoms with Crippen molar-refractivity contribution in [1.82, 2.24) is 15.0 Å². The maximum absolute atomic E-state index is 12.9. The minimum Gasteiger partial charge on any atom is -0.481 e. The van der Waals surface area contributed by atoms with Crippen LogP contribution < -0.4 is 0 Å². The number of pyridine rings is 2. The second kappa shape index (κ2) is 12.5. The first kappa shape index (κ1) is 31.3. The number of aliphatic carboxylic acids is 1. The number of hydrogen-bond acceptors (Lipinski definition) is 4. The van der Waals surface area contributed by atoms with Gasteiger partial charge in [0.15, 0.2) is 0 Å². The van der Waals surface area contributed by atoms with Gasteiger partial charge in [-0.25, -0.2) is 0 Å². The summed E-state index contributed by atoms with van der Waals surface area (Å²) in [5.74, 6) is -1.77. The van der Waals surface area contributed by atoms with Crippen LogP contribution in [0.15, 0.2) is 84.0 Å². The number of nitrogens with one attached hydrogen (secondary N) is 1. The van der Waals surface area contributed by atoms with Gasteiger partial charge in [0.05, 0.1) is 11.3 Å². The van der Waals surface area contributed by atoms with E-state index < -0.39 is 23.6 Å². The molecule has 1 unspecified atom stereocenters. The molecule has 3 aromatic heterocycles. The van der Waals surface area contributed by atoms with Crippen molar-refractivity contribution in [2.45, 2.75) is 68.7 Å². The van der Waals surface area contributed by atoms with Crippen LogP contribution in [0, 0.1) is 6.92 Å². The van der Waals surface area contributed by atoms with E-state index in [4.69, 9.17) is 0 Å². The Balaban J connectivity index is 1.46. The van der Waals surface area contributed by atoms with Gasteiger partial charge < -0.3 is 10.1 Å². The van der Waals surface area contributed by atoms with E-state index in [0.29, 0.717) is 17.0 Å². The Labute approximate surface area is 259 Å². The number of thioether (sulfide) groups is 1. The number of hydrogen-bond donors (Lipinski definition) is 2. The van der Waals surface area contributed by atoms with E-state index in [2.05, 4.69) is 48.7 Å². The lowest BCUT2D eigenvalue weighted by atomic mass is 9.94. The second-order valence-electron chi connectivity index (χ2n) is 11.9. The number of fused-ring (bicyclic) bond motifs is 1. The summed E-state index contributed by atoms with van der Waals surface area (Å²) in [6, 6.07) is 19.5. The summed E-state index contributed by atoms with van der Waals surface area (Å²) < 4.78 is 38.6. The van der Waals surface area contributed by atoms with E-state index in [1.54, 1.807) is 30.1 Å². The first-order chi connectivity index (χ1) is 20.8. The molecule has 0 saturated heterocycles. The van der Waals surface area contributed by atoms with E-state index in [9.17, 15) is 23.1 Å². The van der Waals surface area contributed by atoms with Gasteiger partial charge in [-0.2, -0.15) is 13.2 Å². The molecule has 2 aromatic carbocycles. The molecule has 9 heteroatoms. The molecule has 5 aromatic rings.